The van der Waals surface area contributed by atoms with Gasteiger partial charge in [0.05, 0.1) is 19.3 Å². The lowest BCUT2D eigenvalue weighted by Gasteiger charge is -2.31. The van der Waals surface area contributed by atoms with Gasteiger partial charge in [-0.15, -0.1) is 4.36 Å². The number of rotatable bonds is 2. The van der Waals surface area contributed by atoms with Crippen LogP contribution in [-0.2, 0) is 42.1 Å². The van der Waals surface area contributed by atoms with E-state index in [2.05, 4.69) is 20.8 Å². The topological polar surface area (TPSA) is 112 Å². The summed E-state index contributed by atoms with van der Waals surface area (Å²) < 4.78 is 24.0. The Hall–Kier alpha value is -2.39. The number of anilines is 1. The van der Waals surface area contributed by atoms with Gasteiger partial charge in [0.2, 0.25) is 5.88 Å². The van der Waals surface area contributed by atoms with Gasteiger partial charge in [-0.25, -0.2) is 18.8 Å². The molecule has 0 fully saturated rings. The van der Waals surface area contributed by atoms with Crippen molar-refractivity contribution in [3.8, 4) is 5.88 Å². The van der Waals surface area contributed by atoms with Gasteiger partial charge in [0, 0.05) is 11.6 Å². The summed E-state index contributed by atoms with van der Waals surface area (Å²) in [7, 11) is -3.45. The molecular weight excluding hydrogens is 366 g/mol. The second kappa shape index (κ2) is 5.80. The number of nitrogens with zero attached hydrogens (tertiary/aromatic N) is 3. The molecule has 1 aliphatic heterocycles. The van der Waals surface area contributed by atoms with E-state index < -0.39 is 15.9 Å². The third kappa shape index (κ3) is 2.64. The predicted octanol–water partition coefficient (Wildman–Crippen LogP) is 2.04. The summed E-state index contributed by atoms with van der Waals surface area (Å²) >= 11 is 0. The van der Waals surface area contributed by atoms with E-state index in [0.29, 0.717) is 24.9 Å². The van der Waals surface area contributed by atoms with Crippen LogP contribution >= 0.6 is 0 Å². The van der Waals surface area contributed by atoms with E-state index in [9.17, 15) is 9.00 Å². The monoisotopic (exact) mass is 387 g/mol. The van der Waals surface area contributed by atoms with Crippen molar-refractivity contribution < 1.29 is 13.7 Å². The molecule has 27 heavy (non-hydrogen) atoms. The third-order valence-corrected chi connectivity index (χ3v) is 6.88. The Morgan fingerprint density at radius 2 is 2.04 bits per heavy atom. The Labute approximate surface area is 157 Å². The molecule has 0 saturated heterocycles. The lowest BCUT2D eigenvalue weighted by atomic mass is 9.76. The number of hydrogen-bond donors (Lipinski definition) is 2. The fourth-order valence-electron chi connectivity index (χ4n) is 3.93. The molecule has 2 unspecified atom stereocenters. The maximum absolute atomic E-state index is 13.0. The van der Waals surface area contributed by atoms with Gasteiger partial charge in [0.25, 0.3) is 0 Å². The van der Waals surface area contributed by atoms with E-state index in [1.165, 1.54) is 28.5 Å². The Balaban J connectivity index is 1.45. The number of fused-ring (bicyclic) bond motifs is 3. The molecule has 1 aromatic carbocycles. The second-order valence-corrected chi connectivity index (χ2v) is 9.29. The average Bonchev–Trinajstić information content (AvgIpc) is 2.95. The van der Waals surface area contributed by atoms with Gasteiger partial charge in [-0.3, -0.25) is 0 Å². The first-order valence-electron chi connectivity index (χ1n) is 9.13. The number of aryl methyl sites for hydroxylation is 2. The van der Waals surface area contributed by atoms with Gasteiger partial charge < -0.3 is 10.1 Å². The summed E-state index contributed by atoms with van der Waals surface area (Å²) in [6.07, 6.45) is 5.34. The number of urea groups is 1. The van der Waals surface area contributed by atoms with E-state index in [4.69, 9.17) is 9.88 Å². The lowest BCUT2D eigenvalue weighted by Crippen LogP contribution is -2.26. The number of benzene rings is 1. The average molecular weight is 387 g/mol. The molecule has 3 aliphatic rings. The number of nitrogens with two attached hydrogens (primary N) is 1. The number of hydrogen-bond acceptors (Lipinski definition) is 4. The molecule has 2 amide bonds. The van der Waals surface area contributed by atoms with Crippen molar-refractivity contribution in [2.45, 2.75) is 44.0 Å². The van der Waals surface area contributed by atoms with Gasteiger partial charge >= 0.3 is 6.03 Å². The zero-order valence-corrected chi connectivity index (χ0v) is 15.8. The Kier molecular flexibility index (Phi) is 3.60. The van der Waals surface area contributed by atoms with Crippen molar-refractivity contribution in [2.24, 2.45) is 15.4 Å². The number of amides is 2. The molecule has 2 atom stereocenters. The van der Waals surface area contributed by atoms with Gasteiger partial charge in [-0.1, -0.05) is 13.0 Å². The summed E-state index contributed by atoms with van der Waals surface area (Å²) in [5, 5.41) is 12.9. The van der Waals surface area contributed by atoms with Crippen molar-refractivity contribution >= 4 is 21.6 Å². The van der Waals surface area contributed by atoms with Crippen molar-refractivity contribution in [3.63, 3.8) is 0 Å². The molecule has 0 saturated carbocycles. The molecule has 2 aromatic rings. The Bertz CT molecular complexity index is 1070. The fraction of sp³-hybridized carbons (Fsp3) is 0.444. The van der Waals surface area contributed by atoms with E-state index in [0.717, 1.165) is 31.4 Å². The van der Waals surface area contributed by atoms with E-state index >= 15 is 0 Å². The van der Waals surface area contributed by atoms with Crippen LogP contribution < -0.4 is 15.2 Å². The highest BCUT2D eigenvalue weighted by Gasteiger charge is 2.29. The Morgan fingerprint density at radius 3 is 2.67 bits per heavy atom. The molecule has 2 heterocycles. The van der Waals surface area contributed by atoms with Crippen molar-refractivity contribution in [1.82, 2.24) is 9.78 Å². The van der Waals surface area contributed by atoms with Crippen molar-refractivity contribution in [1.29, 1.82) is 0 Å². The number of carbonyl (C=O) groups is 1. The quantitative estimate of drug-likeness (QED) is 0.821. The first-order valence-corrected chi connectivity index (χ1v) is 10.7. The summed E-state index contributed by atoms with van der Waals surface area (Å²) in [6, 6.07) is 1.54. The summed E-state index contributed by atoms with van der Waals surface area (Å²) in [4.78, 5) is 12.7. The number of nitrogens with one attached hydrogen (secondary N) is 1. The first kappa shape index (κ1) is 16.8. The minimum absolute atomic E-state index is 0.165. The minimum atomic E-state index is -3.45. The molecule has 5 rings (SSSR count). The van der Waals surface area contributed by atoms with Crippen LogP contribution in [0.1, 0.15) is 29.2 Å². The molecule has 9 heteroatoms. The van der Waals surface area contributed by atoms with Crippen molar-refractivity contribution in [2.75, 3.05) is 11.9 Å². The minimum Gasteiger partial charge on any atom is -0.477 e. The van der Waals surface area contributed by atoms with Gasteiger partial charge in [0.15, 0.2) is 9.92 Å². The van der Waals surface area contributed by atoms with Crippen molar-refractivity contribution in [3.05, 3.63) is 34.5 Å². The maximum atomic E-state index is 13.0. The molecular formula is C18H21N5O3S. The highest BCUT2D eigenvalue weighted by atomic mass is 32.2. The van der Waals surface area contributed by atoms with Crippen LogP contribution in [0.25, 0.3) is 0 Å². The highest BCUT2D eigenvalue weighted by Crippen LogP contribution is 2.40. The molecule has 0 radical (unpaired) electrons. The third-order valence-electron chi connectivity index (χ3n) is 5.53. The largest absolute Gasteiger partial charge is 0.477 e. The molecule has 142 valence electrons. The summed E-state index contributed by atoms with van der Waals surface area (Å²) in [6.45, 7) is 3.18. The van der Waals surface area contributed by atoms with Crippen LogP contribution in [0.2, 0.25) is 0 Å². The van der Waals surface area contributed by atoms with Crippen LogP contribution in [0, 0.1) is 5.92 Å². The smallest absolute Gasteiger partial charge is 0.354 e. The molecule has 8 nitrogen and oxygen atoms in total. The lowest BCUT2D eigenvalue weighted by molar-refractivity contribution is 0.171. The molecule has 3 N–H and O–H groups in total. The van der Waals surface area contributed by atoms with Crippen LogP contribution in [-0.4, -0.2) is 26.6 Å². The fourth-order valence-corrected chi connectivity index (χ4v) is 4.93. The number of carbonyl (C=O) groups excluding carboxylic acids is 1. The Morgan fingerprint density at radius 1 is 1.33 bits per heavy atom. The summed E-state index contributed by atoms with van der Waals surface area (Å²) in [5.41, 5.74) is 5.74. The molecule has 0 bridgehead atoms. The maximum Gasteiger partial charge on any atom is 0.354 e. The number of ether oxygens (including phenoxy) is 1. The van der Waals surface area contributed by atoms with Gasteiger partial charge in [-0.05, 0) is 47.9 Å². The first-order chi connectivity index (χ1) is 12.9. The van der Waals surface area contributed by atoms with Crippen LogP contribution in [0.5, 0.6) is 5.88 Å². The SMILES string of the molecule is CC1COc2c(S(N)(=O)=NC(=O)Nc3c4c(cc5c3CC5)CC4)cnn2C1. The van der Waals surface area contributed by atoms with E-state index in [-0.39, 0.29) is 4.90 Å². The zero-order valence-electron chi connectivity index (χ0n) is 15.0. The highest BCUT2D eigenvalue weighted by molar-refractivity contribution is 7.91. The van der Waals surface area contributed by atoms with Crippen LogP contribution in [0.4, 0.5) is 10.5 Å². The molecule has 1 aromatic heterocycles. The second-order valence-electron chi connectivity index (χ2n) is 7.53. The zero-order chi connectivity index (χ0) is 18.8. The van der Waals surface area contributed by atoms with Gasteiger partial charge in [0.1, 0.15) is 4.90 Å². The normalized spacial score (nSPS) is 21.3. The predicted molar refractivity (Wildman–Crippen MR) is 100 cm³/mol. The van der Waals surface area contributed by atoms with Gasteiger partial charge in [-0.2, -0.15) is 5.10 Å². The number of aromatic nitrogens is 2. The summed E-state index contributed by atoms with van der Waals surface area (Å²) in [5.74, 6) is 0.638. The molecule has 0 spiro atoms. The van der Waals surface area contributed by atoms with E-state index in [1.54, 1.807) is 4.68 Å². The molecule has 2 aliphatic carbocycles. The standard InChI is InChI=1S/C18H21N5O3S/c1-10-8-23-17(26-9-10)15(7-20-23)27(19,25)22-18(24)21-16-13-4-2-11(13)6-12-3-5-14(12)16/h6-7,10H,2-5,8-9H2,1H3,(H3,19,21,22,24,25). The van der Waals surface area contributed by atoms with Crippen LogP contribution in [0.3, 0.4) is 0 Å². The van der Waals surface area contributed by atoms with E-state index in [1.807, 2.05) is 6.92 Å². The van der Waals surface area contributed by atoms with Crippen LogP contribution in [0.15, 0.2) is 21.5 Å².